The molecule has 5 heteroatoms. The zero-order chi connectivity index (χ0) is 9.97. The van der Waals surface area contributed by atoms with Crippen molar-refractivity contribution in [3.8, 4) is 0 Å². The van der Waals surface area contributed by atoms with E-state index in [1.54, 1.807) is 16.4 Å². The molecule has 0 bridgehead atoms. The van der Waals surface area contributed by atoms with Crippen molar-refractivity contribution in [3.05, 3.63) is 34.5 Å². The second-order valence-corrected chi connectivity index (χ2v) is 3.83. The summed E-state index contributed by atoms with van der Waals surface area (Å²) in [5.74, 6) is 0.0752. The molecule has 14 heavy (non-hydrogen) atoms. The highest BCUT2D eigenvalue weighted by Crippen LogP contribution is 2.09. The van der Waals surface area contributed by atoms with Crippen LogP contribution in [0.15, 0.2) is 24.0 Å². The Morgan fingerprint density at radius 3 is 3.07 bits per heavy atom. The number of aryl methyl sites for hydroxylation is 1. The molecule has 0 saturated carbocycles. The highest BCUT2D eigenvalue weighted by atomic mass is 32.1. The van der Waals surface area contributed by atoms with E-state index in [1.807, 2.05) is 19.3 Å². The predicted octanol–water partition coefficient (Wildman–Crippen LogP) is 1.30. The predicted molar refractivity (Wildman–Crippen MR) is 53.4 cm³/mol. The fraction of sp³-hybridized carbons (Fsp3) is 0.222. The number of thiazole rings is 1. The summed E-state index contributed by atoms with van der Waals surface area (Å²) in [4.78, 5) is 16.2. The summed E-state index contributed by atoms with van der Waals surface area (Å²) in [6.07, 6.45) is 3.77. The quantitative estimate of drug-likeness (QED) is 0.713. The number of hydrogen-bond acceptors (Lipinski definition) is 4. The third kappa shape index (κ3) is 1.88. The molecule has 2 aromatic rings. The lowest BCUT2D eigenvalue weighted by Gasteiger charge is -1.92. The third-order valence-corrected chi connectivity index (χ3v) is 2.63. The molecular formula is C9H9N3OS. The average molecular weight is 207 g/mol. The van der Waals surface area contributed by atoms with Crippen molar-refractivity contribution in [2.45, 2.75) is 6.42 Å². The Hall–Kier alpha value is -1.49. The van der Waals surface area contributed by atoms with Crippen LogP contribution in [0, 0.1) is 0 Å². The summed E-state index contributed by atoms with van der Waals surface area (Å²) in [5, 5.41) is 4.14. The van der Waals surface area contributed by atoms with Gasteiger partial charge >= 0.3 is 0 Å². The van der Waals surface area contributed by atoms with Crippen LogP contribution < -0.4 is 0 Å². The molecule has 0 unspecified atom stereocenters. The fourth-order valence-electron chi connectivity index (χ4n) is 1.16. The van der Waals surface area contributed by atoms with Gasteiger partial charge in [-0.25, -0.2) is 0 Å². The summed E-state index contributed by atoms with van der Waals surface area (Å²) in [7, 11) is 1.83. The topological polar surface area (TPSA) is 47.8 Å². The van der Waals surface area contributed by atoms with E-state index in [2.05, 4.69) is 10.1 Å². The number of nitrogens with zero attached hydrogens (tertiary/aromatic N) is 3. The van der Waals surface area contributed by atoms with Crippen LogP contribution in [0.25, 0.3) is 0 Å². The van der Waals surface area contributed by atoms with Crippen LogP contribution in [0.1, 0.15) is 15.4 Å². The molecule has 2 rings (SSSR count). The molecule has 0 aliphatic rings. The largest absolute Gasteiger partial charge is 0.293 e. The second-order valence-electron chi connectivity index (χ2n) is 2.95. The van der Waals surface area contributed by atoms with Gasteiger partial charge in [0.05, 0.1) is 22.5 Å². The lowest BCUT2D eigenvalue weighted by Crippen LogP contribution is -2.02. The first-order valence-corrected chi connectivity index (χ1v) is 5.04. The van der Waals surface area contributed by atoms with Crippen LogP contribution in [-0.4, -0.2) is 20.5 Å². The lowest BCUT2D eigenvalue weighted by atomic mass is 10.2. The standard InChI is InChI=1S/C9H9N3OS/c1-12-3-2-7(11-12)4-8(13)9-5-10-6-14-9/h2-3,5-6H,4H2,1H3. The minimum atomic E-state index is 0.0752. The van der Waals surface area contributed by atoms with E-state index in [4.69, 9.17) is 0 Å². The highest BCUT2D eigenvalue weighted by Gasteiger charge is 2.09. The van der Waals surface area contributed by atoms with Gasteiger partial charge in [-0.3, -0.25) is 14.5 Å². The highest BCUT2D eigenvalue weighted by molar-refractivity contribution is 7.11. The molecule has 0 spiro atoms. The number of ketones is 1. The lowest BCUT2D eigenvalue weighted by molar-refractivity contribution is 0.0995. The molecule has 72 valence electrons. The van der Waals surface area contributed by atoms with Crippen molar-refractivity contribution in [1.29, 1.82) is 0 Å². The number of Topliss-reactive ketones (excluding diaryl/α,β-unsaturated/α-hetero) is 1. The molecule has 0 aliphatic carbocycles. The van der Waals surface area contributed by atoms with Crippen LogP contribution in [0.3, 0.4) is 0 Å². The van der Waals surface area contributed by atoms with Gasteiger partial charge < -0.3 is 0 Å². The van der Waals surface area contributed by atoms with Crippen molar-refractivity contribution in [1.82, 2.24) is 14.8 Å². The number of aromatic nitrogens is 3. The third-order valence-electron chi connectivity index (χ3n) is 1.82. The monoisotopic (exact) mass is 207 g/mol. The molecule has 2 aromatic heterocycles. The first-order valence-electron chi connectivity index (χ1n) is 4.16. The maximum Gasteiger partial charge on any atom is 0.180 e. The number of hydrogen-bond donors (Lipinski definition) is 0. The van der Waals surface area contributed by atoms with Crippen LogP contribution in [-0.2, 0) is 13.5 Å². The Kier molecular flexibility index (Phi) is 2.41. The first-order chi connectivity index (χ1) is 6.75. The molecule has 0 amide bonds. The average Bonchev–Trinajstić information content (AvgIpc) is 2.75. The minimum Gasteiger partial charge on any atom is -0.293 e. The van der Waals surface area contributed by atoms with Crippen molar-refractivity contribution >= 4 is 17.1 Å². The van der Waals surface area contributed by atoms with E-state index in [0.717, 1.165) is 5.69 Å². The SMILES string of the molecule is Cn1ccc(CC(=O)c2cncs2)n1. The fourth-order valence-corrected chi connectivity index (χ4v) is 1.72. The maximum absolute atomic E-state index is 11.6. The van der Waals surface area contributed by atoms with Crippen LogP contribution in [0.2, 0.25) is 0 Å². The van der Waals surface area contributed by atoms with Gasteiger partial charge in [0.2, 0.25) is 0 Å². The van der Waals surface area contributed by atoms with Crippen molar-refractivity contribution in [2.24, 2.45) is 7.05 Å². The smallest absolute Gasteiger partial charge is 0.180 e. The van der Waals surface area contributed by atoms with E-state index in [-0.39, 0.29) is 5.78 Å². The van der Waals surface area contributed by atoms with Gasteiger partial charge in [-0.1, -0.05) is 0 Å². The van der Waals surface area contributed by atoms with E-state index >= 15 is 0 Å². The summed E-state index contributed by atoms with van der Waals surface area (Å²) < 4.78 is 1.69. The Labute approximate surface area is 85.2 Å². The Balaban J connectivity index is 2.09. The zero-order valence-electron chi connectivity index (χ0n) is 7.67. The van der Waals surface area contributed by atoms with E-state index in [0.29, 0.717) is 11.3 Å². The van der Waals surface area contributed by atoms with Crippen LogP contribution >= 0.6 is 11.3 Å². The minimum absolute atomic E-state index is 0.0752. The molecule has 0 fully saturated rings. The molecule has 2 heterocycles. The van der Waals surface area contributed by atoms with Gasteiger partial charge in [0.1, 0.15) is 0 Å². The van der Waals surface area contributed by atoms with Crippen molar-refractivity contribution < 1.29 is 4.79 Å². The van der Waals surface area contributed by atoms with E-state index in [1.165, 1.54) is 11.3 Å². The Bertz CT molecular complexity index is 433. The second kappa shape index (κ2) is 3.71. The van der Waals surface area contributed by atoms with Gasteiger partial charge in [0, 0.05) is 19.4 Å². The summed E-state index contributed by atoms with van der Waals surface area (Å²) in [6.45, 7) is 0. The maximum atomic E-state index is 11.6. The summed E-state index contributed by atoms with van der Waals surface area (Å²) >= 11 is 1.36. The number of carbonyl (C=O) groups is 1. The van der Waals surface area contributed by atoms with E-state index in [9.17, 15) is 4.79 Å². The molecule has 0 radical (unpaired) electrons. The summed E-state index contributed by atoms with van der Waals surface area (Å²) in [6, 6.07) is 1.85. The first kappa shape index (κ1) is 9.08. The number of carbonyl (C=O) groups excluding carboxylic acids is 1. The molecule has 0 N–H and O–H groups in total. The van der Waals surface area contributed by atoms with Gasteiger partial charge in [-0.15, -0.1) is 11.3 Å². The van der Waals surface area contributed by atoms with Crippen molar-refractivity contribution in [2.75, 3.05) is 0 Å². The van der Waals surface area contributed by atoms with Crippen LogP contribution in [0.5, 0.6) is 0 Å². The molecule has 0 aliphatic heterocycles. The van der Waals surface area contributed by atoms with Gasteiger partial charge in [0.15, 0.2) is 5.78 Å². The van der Waals surface area contributed by atoms with Crippen LogP contribution in [0.4, 0.5) is 0 Å². The number of rotatable bonds is 3. The Morgan fingerprint density at radius 2 is 2.50 bits per heavy atom. The zero-order valence-corrected chi connectivity index (χ0v) is 8.49. The Morgan fingerprint density at radius 1 is 1.64 bits per heavy atom. The van der Waals surface area contributed by atoms with Gasteiger partial charge in [0.25, 0.3) is 0 Å². The molecule has 0 aromatic carbocycles. The normalized spacial score (nSPS) is 10.4. The van der Waals surface area contributed by atoms with Gasteiger partial charge in [-0.05, 0) is 6.07 Å². The van der Waals surface area contributed by atoms with E-state index < -0.39 is 0 Å². The molecule has 0 atom stereocenters. The molecule has 0 saturated heterocycles. The van der Waals surface area contributed by atoms with Gasteiger partial charge in [-0.2, -0.15) is 5.10 Å². The molecular weight excluding hydrogens is 198 g/mol. The van der Waals surface area contributed by atoms with Crippen molar-refractivity contribution in [3.63, 3.8) is 0 Å². The summed E-state index contributed by atoms with van der Waals surface area (Å²) in [5.41, 5.74) is 2.46. The molecule has 4 nitrogen and oxygen atoms in total.